The van der Waals surface area contributed by atoms with Crippen LogP contribution in [-0.2, 0) is 11.3 Å². The highest BCUT2D eigenvalue weighted by Crippen LogP contribution is 2.33. The van der Waals surface area contributed by atoms with E-state index < -0.39 is 5.41 Å². The molecule has 2 aliphatic rings. The van der Waals surface area contributed by atoms with Crippen LogP contribution in [0.15, 0.2) is 48.5 Å². The molecule has 2 heterocycles. The lowest BCUT2D eigenvalue weighted by molar-refractivity contribution is -0.132. The lowest BCUT2D eigenvalue weighted by Gasteiger charge is -2.38. The summed E-state index contributed by atoms with van der Waals surface area (Å²) in [5.41, 5.74) is 1.25. The molecule has 0 aliphatic carbocycles. The summed E-state index contributed by atoms with van der Waals surface area (Å²) in [5.74, 6) is 1.45. The smallest absolute Gasteiger partial charge is 0.321 e. The van der Waals surface area contributed by atoms with E-state index in [0.717, 1.165) is 17.0 Å². The van der Waals surface area contributed by atoms with E-state index in [2.05, 4.69) is 10.6 Å². The number of ether oxygens (including phenoxy) is 2. The topological polar surface area (TPSA) is 79.9 Å². The number of anilines is 1. The average Bonchev–Trinajstić information content (AvgIpc) is 3.21. The average molecular weight is 395 g/mol. The number of fused-ring (bicyclic) bond motifs is 1. The van der Waals surface area contributed by atoms with E-state index in [1.165, 1.54) is 0 Å². The van der Waals surface area contributed by atoms with Crippen LogP contribution >= 0.6 is 0 Å². The Morgan fingerprint density at radius 1 is 1.03 bits per heavy atom. The maximum atomic E-state index is 12.8. The first-order chi connectivity index (χ1) is 14.0. The molecule has 7 nitrogen and oxygen atoms in total. The number of rotatable bonds is 4. The summed E-state index contributed by atoms with van der Waals surface area (Å²) in [6, 6.07) is 14.9. The van der Waals surface area contributed by atoms with E-state index in [-0.39, 0.29) is 18.7 Å². The van der Waals surface area contributed by atoms with Crippen molar-refractivity contribution in [2.24, 2.45) is 5.41 Å². The van der Waals surface area contributed by atoms with Gasteiger partial charge in [0.15, 0.2) is 11.5 Å². The Balaban J connectivity index is 1.28. The Morgan fingerprint density at radius 3 is 2.52 bits per heavy atom. The van der Waals surface area contributed by atoms with Crippen LogP contribution in [0.25, 0.3) is 0 Å². The predicted molar refractivity (Wildman–Crippen MR) is 109 cm³/mol. The van der Waals surface area contributed by atoms with Gasteiger partial charge in [0.25, 0.3) is 0 Å². The van der Waals surface area contributed by atoms with Crippen molar-refractivity contribution >= 4 is 17.6 Å². The Kier molecular flexibility index (Phi) is 5.29. The number of hydrogen-bond donors (Lipinski definition) is 2. The van der Waals surface area contributed by atoms with Crippen molar-refractivity contribution in [2.75, 3.05) is 25.2 Å². The molecular formula is C22H25N3O4. The standard InChI is InChI=1S/C22H25N3O4/c1-22(20(26)23-14-16-7-8-18-19(13-16)29-15-28-18)9-11-25(12-10-22)21(27)24-17-5-3-2-4-6-17/h2-8,13H,9-12,14-15H2,1H3,(H,23,26)(H,24,27). The Labute approximate surface area is 170 Å². The molecule has 0 atom stereocenters. The minimum Gasteiger partial charge on any atom is -0.454 e. The van der Waals surface area contributed by atoms with Crippen molar-refractivity contribution in [2.45, 2.75) is 26.3 Å². The van der Waals surface area contributed by atoms with Crippen molar-refractivity contribution in [3.63, 3.8) is 0 Å². The summed E-state index contributed by atoms with van der Waals surface area (Å²) in [4.78, 5) is 27.0. The minimum absolute atomic E-state index is 0.0123. The molecule has 29 heavy (non-hydrogen) atoms. The highest BCUT2D eigenvalue weighted by atomic mass is 16.7. The van der Waals surface area contributed by atoms with Gasteiger partial charge in [-0.1, -0.05) is 31.2 Å². The van der Waals surface area contributed by atoms with Gasteiger partial charge in [0.2, 0.25) is 12.7 Å². The number of nitrogens with one attached hydrogen (secondary N) is 2. The zero-order chi connectivity index (χ0) is 20.3. The van der Waals surface area contributed by atoms with Crippen LogP contribution in [-0.4, -0.2) is 36.7 Å². The summed E-state index contributed by atoms with van der Waals surface area (Å²) < 4.78 is 10.7. The number of benzene rings is 2. The summed E-state index contributed by atoms with van der Waals surface area (Å²) in [5, 5.41) is 5.93. The molecule has 0 unspecified atom stereocenters. The van der Waals surface area contributed by atoms with Crippen LogP contribution in [0.4, 0.5) is 10.5 Å². The molecular weight excluding hydrogens is 370 g/mol. The fourth-order valence-corrected chi connectivity index (χ4v) is 3.60. The predicted octanol–water partition coefficient (Wildman–Crippen LogP) is 3.37. The van der Waals surface area contributed by atoms with Crippen LogP contribution in [0.3, 0.4) is 0 Å². The Morgan fingerprint density at radius 2 is 1.76 bits per heavy atom. The van der Waals surface area contributed by atoms with Gasteiger partial charge in [-0.3, -0.25) is 4.79 Å². The third-order valence-electron chi connectivity index (χ3n) is 5.62. The van der Waals surface area contributed by atoms with E-state index in [0.29, 0.717) is 38.2 Å². The van der Waals surface area contributed by atoms with Crippen molar-refractivity contribution < 1.29 is 19.1 Å². The number of amides is 3. The molecule has 2 aliphatic heterocycles. The molecule has 0 spiro atoms. The van der Waals surface area contributed by atoms with E-state index in [4.69, 9.17) is 9.47 Å². The van der Waals surface area contributed by atoms with Gasteiger partial charge in [-0.15, -0.1) is 0 Å². The molecule has 2 aromatic carbocycles. The molecule has 2 N–H and O–H groups in total. The van der Waals surface area contributed by atoms with E-state index in [1.807, 2.05) is 55.5 Å². The number of carbonyl (C=O) groups excluding carboxylic acids is 2. The van der Waals surface area contributed by atoms with Crippen molar-refractivity contribution in [3.8, 4) is 11.5 Å². The molecule has 0 aromatic heterocycles. The van der Waals surface area contributed by atoms with Gasteiger partial charge >= 0.3 is 6.03 Å². The van der Waals surface area contributed by atoms with Gasteiger partial charge in [-0.2, -0.15) is 0 Å². The minimum atomic E-state index is -0.486. The number of para-hydroxylation sites is 1. The van der Waals surface area contributed by atoms with E-state index in [1.54, 1.807) is 4.90 Å². The lowest BCUT2D eigenvalue weighted by Crippen LogP contribution is -2.49. The number of hydrogen-bond acceptors (Lipinski definition) is 4. The molecule has 1 fully saturated rings. The molecule has 7 heteroatoms. The van der Waals surface area contributed by atoms with Gasteiger partial charge in [0.1, 0.15) is 0 Å². The third kappa shape index (κ3) is 4.29. The molecule has 0 bridgehead atoms. The number of carbonyl (C=O) groups is 2. The Bertz CT molecular complexity index is 892. The van der Waals surface area contributed by atoms with Gasteiger partial charge in [0.05, 0.1) is 0 Å². The van der Waals surface area contributed by atoms with Gasteiger partial charge < -0.3 is 25.0 Å². The van der Waals surface area contributed by atoms with Crippen LogP contribution in [0.5, 0.6) is 11.5 Å². The molecule has 152 valence electrons. The number of piperidine rings is 1. The van der Waals surface area contributed by atoms with Gasteiger partial charge in [0, 0.05) is 30.7 Å². The van der Waals surface area contributed by atoms with Crippen LogP contribution < -0.4 is 20.1 Å². The maximum absolute atomic E-state index is 12.8. The highest BCUT2D eigenvalue weighted by molar-refractivity contribution is 5.89. The highest BCUT2D eigenvalue weighted by Gasteiger charge is 2.38. The third-order valence-corrected chi connectivity index (χ3v) is 5.62. The summed E-state index contributed by atoms with van der Waals surface area (Å²) in [6.07, 6.45) is 1.25. The van der Waals surface area contributed by atoms with E-state index in [9.17, 15) is 9.59 Å². The largest absolute Gasteiger partial charge is 0.454 e. The fraction of sp³-hybridized carbons (Fsp3) is 0.364. The molecule has 2 aromatic rings. The SMILES string of the molecule is CC1(C(=O)NCc2ccc3c(c2)OCO3)CCN(C(=O)Nc2ccccc2)CC1. The molecule has 1 saturated heterocycles. The van der Waals surface area contributed by atoms with E-state index >= 15 is 0 Å². The number of nitrogens with zero attached hydrogens (tertiary/aromatic N) is 1. The first-order valence-corrected chi connectivity index (χ1v) is 9.81. The second-order valence-electron chi connectivity index (χ2n) is 7.71. The molecule has 0 saturated carbocycles. The monoisotopic (exact) mass is 395 g/mol. The second-order valence-corrected chi connectivity index (χ2v) is 7.71. The van der Waals surface area contributed by atoms with Crippen molar-refractivity contribution in [1.29, 1.82) is 0 Å². The summed E-state index contributed by atoms with van der Waals surface area (Å²) in [7, 11) is 0. The lowest BCUT2D eigenvalue weighted by atomic mass is 9.79. The van der Waals surface area contributed by atoms with Crippen LogP contribution in [0, 0.1) is 5.41 Å². The van der Waals surface area contributed by atoms with Crippen molar-refractivity contribution in [1.82, 2.24) is 10.2 Å². The zero-order valence-electron chi connectivity index (χ0n) is 16.4. The maximum Gasteiger partial charge on any atom is 0.321 e. The van der Waals surface area contributed by atoms with Gasteiger partial charge in [-0.05, 0) is 42.7 Å². The zero-order valence-corrected chi connectivity index (χ0v) is 16.4. The Hall–Kier alpha value is -3.22. The van der Waals surface area contributed by atoms with Crippen LogP contribution in [0.1, 0.15) is 25.3 Å². The summed E-state index contributed by atoms with van der Waals surface area (Å²) in [6.45, 7) is 3.73. The normalized spacial score (nSPS) is 16.9. The molecule has 3 amide bonds. The quantitative estimate of drug-likeness (QED) is 0.832. The fourth-order valence-electron chi connectivity index (χ4n) is 3.60. The molecule has 4 rings (SSSR count). The van der Waals surface area contributed by atoms with Crippen LogP contribution in [0.2, 0.25) is 0 Å². The molecule has 0 radical (unpaired) electrons. The van der Waals surface area contributed by atoms with Crippen molar-refractivity contribution in [3.05, 3.63) is 54.1 Å². The number of urea groups is 1. The second kappa shape index (κ2) is 8.03. The first-order valence-electron chi connectivity index (χ1n) is 9.81. The van der Waals surface area contributed by atoms with Gasteiger partial charge in [-0.25, -0.2) is 4.79 Å². The summed E-state index contributed by atoms with van der Waals surface area (Å²) >= 11 is 0. The first kappa shape index (κ1) is 19.1. The number of likely N-dealkylation sites (tertiary alicyclic amines) is 1.